The van der Waals surface area contributed by atoms with Gasteiger partial charge in [0.05, 0.1) is 6.04 Å². The van der Waals surface area contributed by atoms with Crippen LogP contribution < -0.4 is 5.32 Å². The summed E-state index contributed by atoms with van der Waals surface area (Å²) >= 11 is 5.74. The monoisotopic (exact) mass is 297 g/mol. The molecule has 0 saturated carbocycles. The van der Waals surface area contributed by atoms with Gasteiger partial charge in [0, 0.05) is 5.02 Å². The number of nitrogens with one attached hydrogen (secondary N) is 1. The van der Waals surface area contributed by atoms with Gasteiger partial charge in [-0.05, 0) is 24.1 Å². The zero-order chi connectivity index (χ0) is 14.6. The highest BCUT2D eigenvalue weighted by Gasteiger charge is 2.49. The summed E-state index contributed by atoms with van der Waals surface area (Å²) < 4.78 is 49.8. The van der Waals surface area contributed by atoms with E-state index in [1.807, 2.05) is 5.32 Å². The van der Waals surface area contributed by atoms with E-state index < -0.39 is 24.3 Å². The Balaban J connectivity index is 2.86. The van der Waals surface area contributed by atoms with Crippen LogP contribution in [0.1, 0.15) is 24.9 Å². The lowest BCUT2D eigenvalue weighted by atomic mass is 10.0. The molecule has 1 aromatic rings. The highest BCUT2D eigenvalue weighted by molar-refractivity contribution is 6.30. The van der Waals surface area contributed by atoms with Crippen LogP contribution in [0.4, 0.5) is 17.6 Å². The third-order valence-electron chi connectivity index (χ3n) is 2.54. The number of halogens is 5. The van der Waals surface area contributed by atoms with E-state index in [1.54, 1.807) is 25.1 Å². The van der Waals surface area contributed by atoms with E-state index in [4.69, 9.17) is 11.6 Å². The van der Waals surface area contributed by atoms with Crippen molar-refractivity contribution in [2.75, 3.05) is 0 Å². The molecule has 1 aromatic carbocycles. The van der Waals surface area contributed by atoms with E-state index in [1.165, 1.54) is 6.07 Å². The van der Waals surface area contributed by atoms with Crippen molar-refractivity contribution in [3.05, 3.63) is 34.9 Å². The summed E-state index contributed by atoms with van der Waals surface area (Å²) in [5.41, 5.74) is 0.480. The molecule has 19 heavy (non-hydrogen) atoms. The van der Waals surface area contributed by atoms with E-state index in [0.29, 0.717) is 10.6 Å². The Labute approximate surface area is 112 Å². The Morgan fingerprint density at radius 1 is 1.42 bits per heavy atom. The van der Waals surface area contributed by atoms with Gasteiger partial charge in [-0.15, -0.1) is 0 Å². The van der Waals surface area contributed by atoms with E-state index in [-0.39, 0.29) is 6.42 Å². The number of rotatable bonds is 5. The van der Waals surface area contributed by atoms with Crippen LogP contribution in [-0.4, -0.2) is 18.3 Å². The molecule has 0 bridgehead atoms. The van der Waals surface area contributed by atoms with Gasteiger partial charge in [0.1, 0.15) is 0 Å². The first-order valence-electron chi connectivity index (χ1n) is 5.51. The molecule has 1 amide bonds. The Kier molecular flexibility index (Phi) is 5.17. The maximum absolute atomic E-state index is 12.8. The summed E-state index contributed by atoms with van der Waals surface area (Å²) in [7, 11) is 0. The predicted octanol–water partition coefficient (Wildman–Crippen LogP) is 3.81. The largest absolute Gasteiger partial charge is 0.383 e. The Bertz CT molecular complexity index is 453. The van der Waals surface area contributed by atoms with Crippen LogP contribution in [0.15, 0.2) is 24.3 Å². The van der Waals surface area contributed by atoms with Gasteiger partial charge in [-0.25, -0.2) is 8.78 Å². The average molecular weight is 298 g/mol. The molecule has 2 nitrogen and oxygen atoms in total. The number of hydrogen-bond donors (Lipinski definition) is 1. The first-order valence-corrected chi connectivity index (χ1v) is 5.89. The minimum absolute atomic E-state index is 0.269. The molecule has 1 unspecified atom stereocenters. The number of benzene rings is 1. The van der Waals surface area contributed by atoms with Crippen molar-refractivity contribution in [2.24, 2.45) is 0 Å². The van der Waals surface area contributed by atoms with E-state index in [2.05, 4.69) is 0 Å². The van der Waals surface area contributed by atoms with Gasteiger partial charge in [-0.3, -0.25) is 4.79 Å². The number of carbonyl (C=O) groups is 1. The lowest BCUT2D eigenvalue weighted by Crippen LogP contribution is -2.46. The average Bonchev–Trinajstić information content (AvgIpc) is 2.35. The molecule has 106 valence electrons. The molecule has 0 aliphatic rings. The first kappa shape index (κ1) is 15.8. The molecular weight excluding hydrogens is 286 g/mol. The van der Waals surface area contributed by atoms with Crippen molar-refractivity contribution in [2.45, 2.75) is 31.7 Å². The normalized spacial score (nSPS) is 13.4. The van der Waals surface area contributed by atoms with Crippen LogP contribution in [0.5, 0.6) is 0 Å². The second kappa shape index (κ2) is 6.23. The molecule has 0 saturated heterocycles. The molecule has 1 rings (SSSR count). The van der Waals surface area contributed by atoms with Gasteiger partial charge in [-0.2, -0.15) is 8.78 Å². The van der Waals surface area contributed by atoms with Crippen molar-refractivity contribution in [1.82, 2.24) is 5.32 Å². The van der Waals surface area contributed by atoms with Crippen LogP contribution in [0.25, 0.3) is 0 Å². The van der Waals surface area contributed by atoms with Gasteiger partial charge in [0.2, 0.25) is 0 Å². The minimum atomic E-state index is -4.70. The molecule has 0 aromatic heterocycles. The zero-order valence-corrected chi connectivity index (χ0v) is 10.7. The molecule has 0 aliphatic heterocycles. The SMILES string of the molecule is CCC(NC(=O)C(F)(F)C(F)F)c1cccc(Cl)c1. The van der Waals surface area contributed by atoms with Gasteiger partial charge < -0.3 is 5.32 Å². The minimum Gasteiger partial charge on any atom is -0.344 e. The second-order valence-corrected chi connectivity index (χ2v) is 4.35. The first-order chi connectivity index (χ1) is 8.78. The summed E-state index contributed by atoms with van der Waals surface area (Å²) in [6.07, 6.45) is -3.77. The van der Waals surface area contributed by atoms with Crippen molar-refractivity contribution in [3.63, 3.8) is 0 Å². The Morgan fingerprint density at radius 2 is 2.05 bits per heavy atom. The Morgan fingerprint density at radius 3 is 2.53 bits per heavy atom. The van der Waals surface area contributed by atoms with E-state index in [9.17, 15) is 22.4 Å². The fourth-order valence-electron chi connectivity index (χ4n) is 1.50. The lowest BCUT2D eigenvalue weighted by Gasteiger charge is -2.21. The van der Waals surface area contributed by atoms with Gasteiger partial charge in [0.25, 0.3) is 5.91 Å². The van der Waals surface area contributed by atoms with Crippen molar-refractivity contribution in [3.8, 4) is 0 Å². The summed E-state index contributed by atoms with van der Waals surface area (Å²) in [5, 5.41) is 2.27. The molecule has 0 aliphatic carbocycles. The van der Waals surface area contributed by atoms with Crippen LogP contribution in [0.2, 0.25) is 5.02 Å². The highest BCUT2D eigenvalue weighted by Crippen LogP contribution is 2.26. The maximum atomic E-state index is 12.8. The van der Waals surface area contributed by atoms with E-state index >= 15 is 0 Å². The molecule has 0 radical (unpaired) electrons. The van der Waals surface area contributed by atoms with Gasteiger partial charge in [-0.1, -0.05) is 30.7 Å². The Hall–Kier alpha value is -1.30. The zero-order valence-electron chi connectivity index (χ0n) is 9.97. The second-order valence-electron chi connectivity index (χ2n) is 3.91. The standard InChI is InChI=1S/C12H12ClF4NO/c1-2-9(7-4-3-5-8(13)6-7)18-11(19)12(16,17)10(14)15/h3-6,9-10H,2H2,1H3,(H,18,19). The van der Waals surface area contributed by atoms with Crippen LogP contribution >= 0.6 is 11.6 Å². The topological polar surface area (TPSA) is 29.1 Å². The molecule has 1 N–H and O–H groups in total. The van der Waals surface area contributed by atoms with Crippen molar-refractivity contribution in [1.29, 1.82) is 0 Å². The number of carbonyl (C=O) groups excluding carboxylic acids is 1. The molecule has 7 heteroatoms. The molecular formula is C12H12ClF4NO. The fraction of sp³-hybridized carbons (Fsp3) is 0.417. The highest BCUT2D eigenvalue weighted by atomic mass is 35.5. The fourth-order valence-corrected chi connectivity index (χ4v) is 1.70. The lowest BCUT2D eigenvalue weighted by molar-refractivity contribution is -0.170. The maximum Gasteiger partial charge on any atom is 0.383 e. The number of alkyl halides is 4. The summed E-state index contributed by atoms with van der Waals surface area (Å²) in [4.78, 5) is 11.2. The third-order valence-corrected chi connectivity index (χ3v) is 2.78. The summed E-state index contributed by atoms with van der Waals surface area (Å²) in [6.45, 7) is 1.63. The van der Waals surface area contributed by atoms with Crippen molar-refractivity contribution < 1.29 is 22.4 Å². The number of amides is 1. The summed E-state index contributed by atoms with van der Waals surface area (Å²) in [6, 6.07) is 5.42. The third kappa shape index (κ3) is 3.83. The smallest absolute Gasteiger partial charge is 0.344 e. The van der Waals surface area contributed by atoms with Crippen LogP contribution in [0, 0.1) is 0 Å². The van der Waals surface area contributed by atoms with Crippen LogP contribution in [0.3, 0.4) is 0 Å². The molecule has 0 fully saturated rings. The van der Waals surface area contributed by atoms with Crippen molar-refractivity contribution >= 4 is 17.5 Å². The quantitative estimate of drug-likeness (QED) is 0.823. The van der Waals surface area contributed by atoms with Gasteiger partial charge >= 0.3 is 12.3 Å². The van der Waals surface area contributed by atoms with E-state index in [0.717, 1.165) is 0 Å². The van der Waals surface area contributed by atoms with Crippen LogP contribution in [-0.2, 0) is 4.79 Å². The predicted molar refractivity (Wildman–Crippen MR) is 63.6 cm³/mol. The molecule has 0 spiro atoms. The summed E-state index contributed by atoms with van der Waals surface area (Å²) in [5.74, 6) is -6.69. The molecule has 0 heterocycles. The molecule has 1 atom stereocenters. The van der Waals surface area contributed by atoms with Gasteiger partial charge in [0.15, 0.2) is 0 Å². The number of hydrogen-bond acceptors (Lipinski definition) is 1.